The second kappa shape index (κ2) is 5.65. The minimum absolute atomic E-state index is 0.0419. The van der Waals surface area contributed by atoms with Crippen LogP contribution in [0.2, 0.25) is 0 Å². The van der Waals surface area contributed by atoms with Crippen molar-refractivity contribution in [2.75, 3.05) is 21.1 Å². The molecule has 0 aromatic carbocycles. The molecule has 0 fully saturated rings. The maximum atomic E-state index is 4.41. The molecule has 17 heavy (non-hydrogen) atoms. The van der Waals surface area contributed by atoms with Crippen molar-refractivity contribution in [2.45, 2.75) is 45.3 Å². The van der Waals surface area contributed by atoms with Crippen LogP contribution in [-0.2, 0) is 6.54 Å². The summed E-state index contributed by atoms with van der Waals surface area (Å²) in [6, 6.07) is 2.38. The Morgan fingerprint density at radius 1 is 1.47 bits per heavy atom. The summed E-state index contributed by atoms with van der Waals surface area (Å²) >= 11 is 0. The van der Waals surface area contributed by atoms with Gasteiger partial charge in [-0.25, -0.2) is 0 Å². The largest absolute Gasteiger partial charge is 0.310 e. The van der Waals surface area contributed by atoms with Crippen molar-refractivity contribution in [3.8, 4) is 0 Å². The van der Waals surface area contributed by atoms with E-state index in [4.69, 9.17) is 0 Å². The molecule has 0 saturated heterocycles. The lowest BCUT2D eigenvalue weighted by atomic mass is 9.90. The van der Waals surface area contributed by atoms with Gasteiger partial charge in [-0.05, 0) is 47.5 Å². The first-order valence-corrected chi connectivity index (χ1v) is 6.31. The van der Waals surface area contributed by atoms with E-state index in [-0.39, 0.29) is 11.6 Å². The quantitative estimate of drug-likeness (QED) is 0.821. The van der Waals surface area contributed by atoms with Crippen molar-refractivity contribution in [2.24, 2.45) is 0 Å². The smallest absolute Gasteiger partial charge is 0.0670 e. The minimum Gasteiger partial charge on any atom is -0.310 e. The summed E-state index contributed by atoms with van der Waals surface area (Å²) in [5.74, 6) is 0. The predicted molar refractivity (Wildman–Crippen MR) is 72.1 cm³/mol. The lowest BCUT2D eigenvalue weighted by molar-refractivity contribution is 0.137. The second-order valence-corrected chi connectivity index (χ2v) is 5.25. The molecule has 98 valence electrons. The number of hydrogen-bond acceptors (Lipinski definition) is 3. The van der Waals surface area contributed by atoms with E-state index < -0.39 is 0 Å². The Morgan fingerprint density at radius 3 is 2.59 bits per heavy atom. The summed E-state index contributed by atoms with van der Waals surface area (Å²) in [6.07, 6.45) is 2.99. The molecule has 0 spiro atoms. The van der Waals surface area contributed by atoms with Crippen molar-refractivity contribution in [3.05, 3.63) is 18.0 Å². The van der Waals surface area contributed by atoms with Gasteiger partial charge in [-0.1, -0.05) is 6.92 Å². The number of nitrogens with one attached hydrogen (secondary N) is 1. The minimum atomic E-state index is 0.0419. The van der Waals surface area contributed by atoms with E-state index in [1.54, 1.807) is 0 Å². The van der Waals surface area contributed by atoms with Crippen LogP contribution in [0.4, 0.5) is 0 Å². The Kier molecular flexibility index (Phi) is 4.71. The fourth-order valence-electron chi connectivity index (χ4n) is 2.11. The van der Waals surface area contributed by atoms with Crippen LogP contribution in [-0.4, -0.2) is 41.4 Å². The summed E-state index contributed by atoms with van der Waals surface area (Å²) in [6.45, 7) is 7.65. The molecule has 0 aliphatic rings. The van der Waals surface area contributed by atoms with Gasteiger partial charge in [0.05, 0.1) is 11.7 Å². The summed E-state index contributed by atoms with van der Waals surface area (Å²) in [5, 5.41) is 7.83. The lowest BCUT2D eigenvalue weighted by Gasteiger charge is -2.40. The van der Waals surface area contributed by atoms with Gasteiger partial charge in [0.25, 0.3) is 0 Å². The topological polar surface area (TPSA) is 33.1 Å². The molecule has 0 saturated carbocycles. The number of likely N-dealkylation sites (N-methyl/N-ethyl adjacent to an activating group) is 2. The highest BCUT2D eigenvalue weighted by Gasteiger charge is 2.33. The van der Waals surface area contributed by atoms with Gasteiger partial charge in [0.1, 0.15) is 0 Å². The lowest BCUT2D eigenvalue weighted by Crippen LogP contribution is -2.49. The van der Waals surface area contributed by atoms with Crippen molar-refractivity contribution in [1.29, 1.82) is 0 Å². The highest BCUT2D eigenvalue weighted by atomic mass is 15.3. The molecule has 1 N–H and O–H groups in total. The zero-order valence-electron chi connectivity index (χ0n) is 12.0. The molecule has 1 aromatic rings. The van der Waals surface area contributed by atoms with E-state index in [0.29, 0.717) is 0 Å². The van der Waals surface area contributed by atoms with Gasteiger partial charge in [0, 0.05) is 18.3 Å². The van der Waals surface area contributed by atoms with Crippen LogP contribution in [0, 0.1) is 0 Å². The third-order valence-corrected chi connectivity index (χ3v) is 3.63. The van der Waals surface area contributed by atoms with Crippen LogP contribution in [0.5, 0.6) is 0 Å². The molecule has 4 heteroatoms. The molecular formula is C13H26N4. The molecule has 4 nitrogen and oxygen atoms in total. The van der Waals surface area contributed by atoms with Gasteiger partial charge in [-0.3, -0.25) is 4.68 Å². The molecule has 1 unspecified atom stereocenters. The highest BCUT2D eigenvalue weighted by Crippen LogP contribution is 2.28. The highest BCUT2D eigenvalue weighted by molar-refractivity contribution is 5.13. The average Bonchev–Trinajstić information content (AvgIpc) is 2.67. The van der Waals surface area contributed by atoms with Gasteiger partial charge in [-0.15, -0.1) is 0 Å². The molecule has 0 amide bonds. The second-order valence-electron chi connectivity index (χ2n) is 5.25. The zero-order chi connectivity index (χ0) is 13.1. The van der Waals surface area contributed by atoms with Crippen LogP contribution >= 0.6 is 0 Å². The third-order valence-electron chi connectivity index (χ3n) is 3.63. The van der Waals surface area contributed by atoms with Crippen molar-refractivity contribution in [1.82, 2.24) is 20.0 Å². The normalized spacial score (nSPS) is 14.3. The first kappa shape index (κ1) is 14.2. The van der Waals surface area contributed by atoms with Crippen LogP contribution in [0.1, 0.15) is 38.9 Å². The molecule has 1 rings (SSSR count). The molecule has 0 aliphatic heterocycles. The Morgan fingerprint density at radius 2 is 2.12 bits per heavy atom. The average molecular weight is 238 g/mol. The first-order chi connectivity index (χ1) is 7.95. The first-order valence-electron chi connectivity index (χ1n) is 6.31. The van der Waals surface area contributed by atoms with Crippen LogP contribution < -0.4 is 5.32 Å². The number of rotatable bonds is 6. The number of hydrogen-bond donors (Lipinski definition) is 1. The fraction of sp³-hybridized carbons (Fsp3) is 0.769. The van der Waals surface area contributed by atoms with E-state index in [9.17, 15) is 0 Å². The van der Waals surface area contributed by atoms with Gasteiger partial charge in [-0.2, -0.15) is 5.10 Å². The van der Waals surface area contributed by atoms with Crippen molar-refractivity contribution in [3.63, 3.8) is 0 Å². The zero-order valence-corrected chi connectivity index (χ0v) is 12.0. The number of nitrogens with zero attached hydrogens (tertiary/aromatic N) is 3. The summed E-state index contributed by atoms with van der Waals surface area (Å²) in [5.41, 5.74) is 1.30. The third kappa shape index (κ3) is 2.87. The van der Waals surface area contributed by atoms with Gasteiger partial charge < -0.3 is 10.2 Å². The van der Waals surface area contributed by atoms with Gasteiger partial charge in [0.15, 0.2) is 0 Å². The van der Waals surface area contributed by atoms with E-state index >= 15 is 0 Å². The molecule has 1 aromatic heterocycles. The monoisotopic (exact) mass is 238 g/mol. The Bertz CT molecular complexity index is 341. The summed E-state index contributed by atoms with van der Waals surface area (Å²) in [4.78, 5) is 2.25. The fourth-order valence-corrected chi connectivity index (χ4v) is 2.11. The van der Waals surface area contributed by atoms with Crippen LogP contribution in [0.15, 0.2) is 12.3 Å². The van der Waals surface area contributed by atoms with Crippen LogP contribution in [0.3, 0.4) is 0 Å². The maximum Gasteiger partial charge on any atom is 0.0670 e. The number of aromatic nitrogens is 2. The van der Waals surface area contributed by atoms with Crippen molar-refractivity contribution < 1.29 is 0 Å². The molecule has 1 heterocycles. The van der Waals surface area contributed by atoms with E-state index in [0.717, 1.165) is 13.0 Å². The Balaban J connectivity index is 3.05. The van der Waals surface area contributed by atoms with E-state index in [1.165, 1.54) is 5.69 Å². The molecule has 0 aliphatic carbocycles. The maximum absolute atomic E-state index is 4.41. The summed E-state index contributed by atoms with van der Waals surface area (Å²) < 4.78 is 2.10. The van der Waals surface area contributed by atoms with Crippen molar-refractivity contribution >= 4 is 0 Å². The van der Waals surface area contributed by atoms with E-state index in [1.807, 2.05) is 13.2 Å². The summed E-state index contributed by atoms with van der Waals surface area (Å²) in [7, 11) is 6.24. The van der Waals surface area contributed by atoms with E-state index in [2.05, 4.69) is 60.9 Å². The molecule has 1 atom stereocenters. The standard InChI is InChI=1S/C13H26N4/c1-7-10-17-11(8-9-15-17)12(14-4)13(2,3)16(5)6/h8-9,12,14H,7,10H2,1-6H3. The number of aryl methyl sites for hydroxylation is 1. The van der Waals surface area contributed by atoms with Gasteiger partial charge in [0.2, 0.25) is 0 Å². The van der Waals surface area contributed by atoms with Gasteiger partial charge >= 0.3 is 0 Å². The van der Waals surface area contributed by atoms with Crippen LogP contribution in [0.25, 0.3) is 0 Å². The molecule has 0 radical (unpaired) electrons. The molecular weight excluding hydrogens is 212 g/mol. The predicted octanol–water partition coefficient (Wildman–Crippen LogP) is 1.89. The molecule has 0 bridgehead atoms. The SMILES string of the molecule is CCCn1nccc1C(NC)C(C)(C)N(C)C. The Labute approximate surface area is 105 Å². The Hall–Kier alpha value is -0.870.